The number of nitroso groups, excluding NO2 is 1. The van der Waals surface area contributed by atoms with Crippen LogP contribution in [0.15, 0.2) is 29.4 Å². The Labute approximate surface area is 205 Å². The maximum Gasteiger partial charge on any atom is 0.305 e. The normalized spacial score (nSPS) is 12.8. The summed E-state index contributed by atoms with van der Waals surface area (Å²) in [4.78, 5) is 35.6. The van der Waals surface area contributed by atoms with Gasteiger partial charge in [-0.1, -0.05) is 46.8 Å². The average molecular weight is 489 g/mol. The number of amides is 2. The van der Waals surface area contributed by atoms with Gasteiger partial charge in [-0.25, -0.2) is 0 Å². The second-order valence-corrected chi connectivity index (χ2v) is 10.8. The molecule has 0 aliphatic carbocycles. The zero-order valence-corrected chi connectivity index (χ0v) is 22.0. The molecule has 0 aliphatic rings. The number of nitrogens with zero attached hydrogens (tertiary/aromatic N) is 1. The molecule has 1 heterocycles. The van der Waals surface area contributed by atoms with E-state index < -0.39 is 18.6 Å². The fraction of sp³-hybridized carbons (Fsp3) is 0.538. The fourth-order valence-corrected chi connectivity index (χ4v) is 5.33. The minimum Gasteiger partial charge on any atom is -0.491 e. The number of rotatable bonds is 10. The molecule has 1 atom stereocenters. The first-order valence-corrected chi connectivity index (χ1v) is 12.4. The molecule has 0 aliphatic heterocycles. The highest BCUT2D eigenvalue weighted by atomic mass is 32.1. The molecule has 0 radical (unpaired) electrons. The lowest BCUT2D eigenvalue weighted by molar-refractivity contribution is -0.117. The van der Waals surface area contributed by atoms with Gasteiger partial charge in [-0.3, -0.25) is 9.59 Å². The number of nitrogens with one attached hydrogen (secondary N) is 1. The Kier molecular flexibility index (Phi) is 9.14. The number of carbonyl (C=O) groups excluding carboxylic acids is 2. The summed E-state index contributed by atoms with van der Waals surface area (Å²) in [6, 6.07) is 8.16. The van der Waals surface area contributed by atoms with Crippen molar-refractivity contribution >= 4 is 23.2 Å². The van der Waals surface area contributed by atoms with Crippen molar-refractivity contribution in [1.82, 2.24) is 5.32 Å². The molecule has 0 saturated heterocycles. The standard InChI is InChI=1S/C26H36N2O5S/c1-8-26(9-2,21-13-17(4)23(34-21)24(31)27-14-22(30)28-32)18-10-11-19(16(3)12-18)33-15-20(29)25(5,6)7/h10-13,20,29H,8-9,14-15H2,1-7H3,(H,27,31). The van der Waals surface area contributed by atoms with E-state index in [0.29, 0.717) is 4.88 Å². The molecule has 0 bridgehead atoms. The average Bonchev–Trinajstić information content (AvgIpc) is 3.18. The SMILES string of the molecule is CCC(CC)(c1ccc(OCC(O)C(C)(C)C)c(C)c1)c1cc(C)c(C(=O)NCC(=O)N=O)s1. The smallest absolute Gasteiger partial charge is 0.305 e. The first kappa shape index (κ1) is 27.7. The molecular formula is C26H36N2O5S. The third-order valence-electron chi connectivity index (χ3n) is 6.43. The van der Waals surface area contributed by atoms with Gasteiger partial charge < -0.3 is 15.2 Å². The van der Waals surface area contributed by atoms with Crippen molar-refractivity contribution in [2.75, 3.05) is 13.2 Å². The lowest BCUT2D eigenvalue weighted by atomic mass is 9.74. The molecule has 2 N–H and O–H groups in total. The Morgan fingerprint density at radius 2 is 1.76 bits per heavy atom. The molecular weight excluding hydrogens is 452 g/mol. The van der Waals surface area contributed by atoms with E-state index in [1.54, 1.807) is 0 Å². The number of thiophene rings is 1. The van der Waals surface area contributed by atoms with E-state index >= 15 is 0 Å². The third kappa shape index (κ3) is 6.10. The van der Waals surface area contributed by atoms with E-state index in [9.17, 15) is 19.6 Å². The summed E-state index contributed by atoms with van der Waals surface area (Å²) in [6.07, 6.45) is 1.09. The number of hydrogen-bond acceptors (Lipinski definition) is 6. The van der Waals surface area contributed by atoms with Gasteiger partial charge in [0, 0.05) is 15.5 Å². The van der Waals surface area contributed by atoms with E-state index in [0.717, 1.165) is 40.2 Å². The predicted molar refractivity (Wildman–Crippen MR) is 136 cm³/mol. The van der Waals surface area contributed by atoms with Crippen LogP contribution in [0.25, 0.3) is 0 Å². The Morgan fingerprint density at radius 1 is 1.12 bits per heavy atom. The van der Waals surface area contributed by atoms with E-state index in [1.807, 2.05) is 46.8 Å². The Hall–Kier alpha value is -2.58. The van der Waals surface area contributed by atoms with Gasteiger partial charge in [0.25, 0.3) is 5.91 Å². The highest BCUT2D eigenvalue weighted by molar-refractivity contribution is 7.14. The predicted octanol–water partition coefficient (Wildman–Crippen LogP) is 5.28. The van der Waals surface area contributed by atoms with Crippen LogP contribution in [0.2, 0.25) is 0 Å². The van der Waals surface area contributed by atoms with Crippen LogP contribution in [0.3, 0.4) is 0 Å². The summed E-state index contributed by atoms with van der Waals surface area (Å²) >= 11 is 1.41. The van der Waals surface area contributed by atoms with Crippen molar-refractivity contribution in [2.24, 2.45) is 10.6 Å². The largest absolute Gasteiger partial charge is 0.491 e. The van der Waals surface area contributed by atoms with E-state index in [2.05, 4.69) is 36.5 Å². The van der Waals surface area contributed by atoms with Crippen LogP contribution >= 0.6 is 11.3 Å². The molecule has 1 aromatic heterocycles. The number of hydrogen-bond donors (Lipinski definition) is 2. The molecule has 0 saturated carbocycles. The van der Waals surface area contributed by atoms with Crippen molar-refractivity contribution in [2.45, 2.75) is 72.8 Å². The second kappa shape index (κ2) is 11.2. The van der Waals surface area contributed by atoms with Crippen molar-refractivity contribution in [3.05, 3.63) is 55.6 Å². The van der Waals surface area contributed by atoms with Gasteiger partial charge in [0.15, 0.2) is 0 Å². The van der Waals surface area contributed by atoms with Gasteiger partial charge >= 0.3 is 5.91 Å². The van der Waals surface area contributed by atoms with Crippen LogP contribution < -0.4 is 10.1 Å². The van der Waals surface area contributed by atoms with Crippen molar-refractivity contribution < 1.29 is 19.4 Å². The van der Waals surface area contributed by atoms with Gasteiger partial charge in [0.05, 0.1) is 11.0 Å². The number of aliphatic hydroxyl groups excluding tert-OH is 1. The quantitative estimate of drug-likeness (QED) is 0.443. The van der Waals surface area contributed by atoms with Gasteiger partial charge in [0.2, 0.25) is 0 Å². The first-order valence-electron chi connectivity index (χ1n) is 11.6. The van der Waals surface area contributed by atoms with E-state index in [1.165, 1.54) is 11.3 Å². The molecule has 8 heteroatoms. The lowest BCUT2D eigenvalue weighted by Crippen LogP contribution is -2.32. The molecule has 1 unspecified atom stereocenters. The van der Waals surface area contributed by atoms with Crippen LogP contribution in [0, 0.1) is 24.2 Å². The second-order valence-electron chi connectivity index (χ2n) is 9.75. The topological polar surface area (TPSA) is 105 Å². The maximum atomic E-state index is 12.6. The molecule has 0 spiro atoms. The Balaban J connectivity index is 2.34. The summed E-state index contributed by atoms with van der Waals surface area (Å²) < 4.78 is 5.92. The number of carbonyl (C=O) groups is 2. The monoisotopic (exact) mass is 488 g/mol. The molecule has 2 amide bonds. The Morgan fingerprint density at radius 3 is 2.29 bits per heavy atom. The minimum atomic E-state index is -0.910. The summed E-state index contributed by atoms with van der Waals surface area (Å²) in [7, 11) is 0. The summed E-state index contributed by atoms with van der Waals surface area (Å²) in [5.74, 6) is -0.555. The van der Waals surface area contributed by atoms with Crippen LogP contribution in [0.5, 0.6) is 5.75 Å². The molecule has 2 aromatic rings. The van der Waals surface area contributed by atoms with Gasteiger partial charge in [-0.2, -0.15) is 0 Å². The highest BCUT2D eigenvalue weighted by Crippen LogP contribution is 2.44. The van der Waals surface area contributed by atoms with Crippen LogP contribution in [0.1, 0.15) is 78.7 Å². The number of aliphatic hydroxyl groups is 1. The van der Waals surface area contributed by atoms with Crippen LogP contribution in [-0.2, 0) is 10.2 Å². The van der Waals surface area contributed by atoms with Gasteiger partial charge in [0.1, 0.15) is 18.9 Å². The van der Waals surface area contributed by atoms with Gasteiger partial charge in [-0.15, -0.1) is 16.2 Å². The number of ether oxygens (including phenoxy) is 1. The van der Waals surface area contributed by atoms with Crippen LogP contribution in [0.4, 0.5) is 0 Å². The summed E-state index contributed by atoms with van der Waals surface area (Å²) in [6.45, 7) is 13.9. The molecule has 0 fully saturated rings. The van der Waals surface area contributed by atoms with Crippen molar-refractivity contribution in [1.29, 1.82) is 0 Å². The maximum absolute atomic E-state index is 12.6. The molecule has 7 nitrogen and oxygen atoms in total. The lowest BCUT2D eigenvalue weighted by Gasteiger charge is -2.32. The number of benzene rings is 1. The summed E-state index contributed by atoms with van der Waals surface area (Å²) in [5.41, 5.74) is 2.39. The third-order valence-corrected chi connectivity index (χ3v) is 7.87. The molecule has 2 rings (SSSR count). The zero-order chi connectivity index (χ0) is 25.7. The Bertz CT molecular complexity index is 1030. The van der Waals surface area contributed by atoms with Gasteiger partial charge in [-0.05, 0) is 60.9 Å². The molecule has 1 aromatic carbocycles. The minimum absolute atomic E-state index is 0.223. The molecule has 34 heavy (non-hydrogen) atoms. The first-order chi connectivity index (χ1) is 15.9. The highest BCUT2D eigenvalue weighted by Gasteiger charge is 2.34. The van der Waals surface area contributed by atoms with Crippen molar-refractivity contribution in [3.63, 3.8) is 0 Å². The fourth-order valence-electron chi connectivity index (χ4n) is 3.89. The van der Waals surface area contributed by atoms with E-state index in [4.69, 9.17) is 4.74 Å². The zero-order valence-electron chi connectivity index (χ0n) is 21.2. The number of aryl methyl sites for hydroxylation is 2. The summed E-state index contributed by atoms with van der Waals surface area (Å²) in [5, 5.41) is 15.1. The van der Waals surface area contributed by atoms with Crippen LogP contribution in [-0.4, -0.2) is 36.2 Å². The van der Waals surface area contributed by atoms with Crippen molar-refractivity contribution in [3.8, 4) is 5.75 Å². The van der Waals surface area contributed by atoms with E-state index in [-0.39, 0.29) is 23.3 Å². The molecule has 186 valence electrons.